The van der Waals surface area contributed by atoms with Gasteiger partial charge in [-0.1, -0.05) is 55.1 Å². The van der Waals surface area contributed by atoms with Gasteiger partial charge in [0.05, 0.1) is 0 Å². The molecule has 0 aliphatic heterocycles. The summed E-state index contributed by atoms with van der Waals surface area (Å²) in [4.78, 5) is 0. The summed E-state index contributed by atoms with van der Waals surface area (Å²) >= 11 is 3.29. The molecule has 0 aliphatic carbocycles. The molecule has 2 atom stereocenters. The summed E-state index contributed by atoms with van der Waals surface area (Å²) in [6.07, 6.45) is 5.93. The third-order valence-electron chi connectivity index (χ3n) is 3.46. The van der Waals surface area contributed by atoms with Crippen molar-refractivity contribution in [1.82, 2.24) is 5.32 Å². The van der Waals surface area contributed by atoms with Crippen LogP contribution in [-0.2, 0) is 0 Å². The Morgan fingerprint density at radius 1 is 1.21 bits per heavy atom. The van der Waals surface area contributed by atoms with Crippen molar-refractivity contribution in [3.05, 3.63) is 34.1 Å². The molecule has 0 radical (unpaired) electrons. The largest absolute Gasteiger partial charge is 0.307 e. The molecule has 1 aromatic rings. The van der Waals surface area contributed by atoms with E-state index in [0.717, 1.165) is 22.9 Å². The standard InChI is InChI=1S/C16H25BrFN/c1-4-6-8-14(7-5-2)19-12(3)15-10-9-13(17)11-16(15)18/h9-12,14,19H,4-8H2,1-3H3. The highest BCUT2D eigenvalue weighted by Gasteiger charge is 2.15. The van der Waals surface area contributed by atoms with E-state index in [1.165, 1.54) is 25.3 Å². The van der Waals surface area contributed by atoms with Gasteiger partial charge in [0.1, 0.15) is 5.82 Å². The average molecular weight is 330 g/mol. The van der Waals surface area contributed by atoms with Crippen LogP contribution < -0.4 is 5.32 Å². The second-order valence-corrected chi connectivity index (χ2v) is 6.10. The van der Waals surface area contributed by atoms with E-state index < -0.39 is 0 Å². The van der Waals surface area contributed by atoms with E-state index in [4.69, 9.17) is 0 Å². The van der Waals surface area contributed by atoms with Crippen molar-refractivity contribution < 1.29 is 4.39 Å². The number of rotatable bonds is 8. The maximum Gasteiger partial charge on any atom is 0.129 e. The lowest BCUT2D eigenvalue weighted by Crippen LogP contribution is -2.31. The zero-order valence-electron chi connectivity index (χ0n) is 12.2. The molecular weight excluding hydrogens is 305 g/mol. The van der Waals surface area contributed by atoms with Crippen LogP contribution in [0.3, 0.4) is 0 Å². The lowest BCUT2D eigenvalue weighted by Gasteiger charge is -2.23. The fourth-order valence-corrected chi connectivity index (χ4v) is 2.74. The third-order valence-corrected chi connectivity index (χ3v) is 3.95. The molecule has 0 spiro atoms. The van der Waals surface area contributed by atoms with E-state index in [-0.39, 0.29) is 11.9 Å². The maximum atomic E-state index is 13.9. The minimum absolute atomic E-state index is 0.0570. The van der Waals surface area contributed by atoms with E-state index in [9.17, 15) is 4.39 Å². The predicted molar refractivity (Wildman–Crippen MR) is 83.9 cm³/mol. The zero-order chi connectivity index (χ0) is 14.3. The molecule has 1 rings (SSSR count). The highest BCUT2D eigenvalue weighted by Crippen LogP contribution is 2.22. The van der Waals surface area contributed by atoms with Crippen molar-refractivity contribution in [2.24, 2.45) is 0 Å². The SMILES string of the molecule is CCCCC(CCC)NC(C)c1ccc(Br)cc1F. The first-order valence-corrected chi connectivity index (χ1v) is 8.08. The van der Waals surface area contributed by atoms with E-state index in [2.05, 4.69) is 35.1 Å². The number of halogens is 2. The maximum absolute atomic E-state index is 13.9. The summed E-state index contributed by atoms with van der Waals surface area (Å²) in [5.74, 6) is -0.139. The summed E-state index contributed by atoms with van der Waals surface area (Å²) in [5.41, 5.74) is 0.751. The number of hydrogen-bond acceptors (Lipinski definition) is 1. The lowest BCUT2D eigenvalue weighted by molar-refractivity contribution is 0.389. The molecule has 0 fully saturated rings. The smallest absolute Gasteiger partial charge is 0.129 e. The van der Waals surface area contributed by atoms with Gasteiger partial charge in [-0.15, -0.1) is 0 Å². The van der Waals surface area contributed by atoms with Gasteiger partial charge in [-0.25, -0.2) is 4.39 Å². The molecule has 0 saturated carbocycles. The quantitative estimate of drug-likeness (QED) is 0.654. The van der Waals surface area contributed by atoms with E-state index in [0.29, 0.717) is 6.04 Å². The molecule has 2 unspecified atom stereocenters. The van der Waals surface area contributed by atoms with Crippen LogP contribution in [0.4, 0.5) is 4.39 Å². The molecule has 0 bridgehead atoms. The Morgan fingerprint density at radius 2 is 1.95 bits per heavy atom. The van der Waals surface area contributed by atoms with Gasteiger partial charge >= 0.3 is 0 Å². The summed E-state index contributed by atoms with van der Waals surface area (Å²) in [6, 6.07) is 5.84. The van der Waals surface area contributed by atoms with Gasteiger partial charge < -0.3 is 5.32 Å². The van der Waals surface area contributed by atoms with Crippen molar-refractivity contribution in [3.63, 3.8) is 0 Å². The Bertz CT molecular complexity index is 381. The molecule has 19 heavy (non-hydrogen) atoms. The average Bonchev–Trinajstić information content (AvgIpc) is 2.36. The van der Waals surface area contributed by atoms with Crippen molar-refractivity contribution in [2.45, 2.75) is 65.0 Å². The van der Waals surface area contributed by atoms with Crippen LogP contribution in [0.15, 0.2) is 22.7 Å². The third kappa shape index (κ3) is 5.62. The number of benzene rings is 1. The number of hydrogen-bond donors (Lipinski definition) is 1. The first-order chi connectivity index (χ1) is 9.08. The normalized spacial score (nSPS) is 14.4. The van der Waals surface area contributed by atoms with Gasteiger partial charge in [-0.3, -0.25) is 0 Å². The van der Waals surface area contributed by atoms with Gasteiger partial charge in [0.2, 0.25) is 0 Å². The Kier molecular flexibility index (Phi) is 7.62. The Hall–Kier alpha value is -0.410. The second-order valence-electron chi connectivity index (χ2n) is 5.18. The first-order valence-electron chi connectivity index (χ1n) is 7.29. The van der Waals surface area contributed by atoms with Crippen molar-refractivity contribution >= 4 is 15.9 Å². The van der Waals surface area contributed by atoms with Crippen LogP contribution in [-0.4, -0.2) is 6.04 Å². The fraction of sp³-hybridized carbons (Fsp3) is 0.625. The zero-order valence-corrected chi connectivity index (χ0v) is 13.8. The highest BCUT2D eigenvalue weighted by molar-refractivity contribution is 9.10. The van der Waals surface area contributed by atoms with Crippen molar-refractivity contribution in [1.29, 1.82) is 0 Å². The fourth-order valence-electron chi connectivity index (χ4n) is 2.41. The van der Waals surface area contributed by atoms with Gasteiger partial charge in [-0.05, 0) is 31.9 Å². The second kappa shape index (κ2) is 8.70. The van der Waals surface area contributed by atoms with Gasteiger partial charge in [0.15, 0.2) is 0 Å². The molecular formula is C16H25BrFN. The molecule has 0 saturated heterocycles. The van der Waals surface area contributed by atoms with Crippen LogP contribution in [0.1, 0.15) is 64.5 Å². The summed E-state index contributed by atoms with van der Waals surface area (Å²) in [5, 5.41) is 3.57. The minimum Gasteiger partial charge on any atom is -0.307 e. The van der Waals surface area contributed by atoms with E-state index in [1.807, 2.05) is 19.1 Å². The van der Waals surface area contributed by atoms with Crippen LogP contribution in [0.2, 0.25) is 0 Å². The molecule has 1 nitrogen and oxygen atoms in total. The van der Waals surface area contributed by atoms with Crippen LogP contribution in [0, 0.1) is 5.82 Å². The molecule has 1 N–H and O–H groups in total. The number of nitrogens with one attached hydrogen (secondary N) is 1. The minimum atomic E-state index is -0.139. The van der Waals surface area contributed by atoms with Gasteiger partial charge in [0.25, 0.3) is 0 Å². The van der Waals surface area contributed by atoms with E-state index >= 15 is 0 Å². The van der Waals surface area contributed by atoms with Crippen molar-refractivity contribution in [2.75, 3.05) is 0 Å². The summed E-state index contributed by atoms with van der Waals surface area (Å²) in [7, 11) is 0. The van der Waals surface area contributed by atoms with Crippen LogP contribution >= 0.6 is 15.9 Å². The van der Waals surface area contributed by atoms with Gasteiger partial charge in [0, 0.05) is 22.1 Å². The van der Waals surface area contributed by atoms with Crippen LogP contribution in [0.5, 0.6) is 0 Å². The number of unbranched alkanes of at least 4 members (excludes halogenated alkanes) is 1. The Morgan fingerprint density at radius 3 is 2.53 bits per heavy atom. The molecule has 0 aromatic heterocycles. The van der Waals surface area contributed by atoms with Crippen molar-refractivity contribution in [3.8, 4) is 0 Å². The molecule has 3 heteroatoms. The van der Waals surface area contributed by atoms with Crippen LogP contribution in [0.25, 0.3) is 0 Å². The molecule has 0 amide bonds. The first kappa shape index (κ1) is 16.6. The Balaban J connectivity index is 2.66. The summed E-state index contributed by atoms with van der Waals surface area (Å²) < 4.78 is 14.7. The monoisotopic (exact) mass is 329 g/mol. The summed E-state index contributed by atoms with van der Waals surface area (Å²) in [6.45, 7) is 6.45. The van der Waals surface area contributed by atoms with Gasteiger partial charge in [-0.2, -0.15) is 0 Å². The lowest BCUT2D eigenvalue weighted by atomic mass is 10.0. The van der Waals surface area contributed by atoms with E-state index in [1.54, 1.807) is 0 Å². The predicted octanol–water partition coefficient (Wildman–Crippen LogP) is 5.60. The highest BCUT2D eigenvalue weighted by atomic mass is 79.9. The topological polar surface area (TPSA) is 12.0 Å². The molecule has 0 heterocycles. The molecule has 0 aliphatic rings. The Labute approximate surface area is 125 Å². The molecule has 1 aromatic carbocycles. The molecule has 108 valence electrons.